The van der Waals surface area contributed by atoms with Crippen LogP contribution in [0.25, 0.3) is 0 Å². The molecule has 0 spiro atoms. The van der Waals surface area contributed by atoms with Crippen molar-refractivity contribution in [2.75, 3.05) is 0 Å². The van der Waals surface area contributed by atoms with Crippen molar-refractivity contribution in [3.05, 3.63) is 18.2 Å². The van der Waals surface area contributed by atoms with Gasteiger partial charge in [-0.1, -0.05) is 26.2 Å². The van der Waals surface area contributed by atoms with Crippen molar-refractivity contribution < 1.29 is 1.37 Å². The monoisotopic (exact) mass is 167 g/mol. The van der Waals surface area contributed by atoms with Crippen LogP contribution in [0, 0.1) is 0 Å². The molecule has 12 heavy (non-hydrogen) atoms. The fourth-order valence-electron chi connectivity index (χ4n) is 1.31. The third kappa shape index (κ3) is 2.68. The molecule has 2 nitrogen and oxygen atoms in total. The van der Waals surface area contributed by atoms with E-state index in [-0.39, 0.29) is 0 Å². The van der Waals surface area contributed by atoms with Crippen molar-refractivity contribution in [3.63, 3.8) is 0 Å². The van der Waals surface area contributed by atoms with Crippen molar-refractivity contribution in [3.8, 4) is 0 Å². The molecular weight excluding hydrogens is 148 g/mol. The van der Waals surface area contributed by atoms with Crippen LogP contribution >= 0.6 is 0 Å². The lowest BCUT2D eigenvalue weighted by atomic mass is 10.1. The summed E-state index contributed by atoms with van der Waals surface area (Å²) in [5.74, 6) is 0. The number of imidazole rings is 1. The molecule has 0 fully saturated rings. The Morgan fingerprint density at radius 3 is 2.92 bits per heavy atom. The second kappa shape index (κ2) is 4.96. The van der Waals surface area contributed by atoms with Crippen molar-refractivity contribution in [2.45, 2.75) is 39.0 Å². The van der Waals surface area contributed by atoms with Gasteiger partial charge in [0, 0.05) is 18.9 Å². The van der Waals surface area contributed by atoms with E-state index in [0.29, 0.717) is 6.30 Å². The summed E-state index contributed by atoms with van der Waals surface area (Å²) in [6, 6.07) is 0. The molecule has 0 saturated heterocycles. The van der Waals surface area contributed by atoms with E-state index in [1.165, 1.54) is 31.4 Å². The average molecular weight is 167 g/mol. The van der Waals surface area contributed by atoms with E-state index in [9.17, 15) is 0 Å². The third-order valence-corrected chi connectivity index (χ3v) is 2.14. The lowest BCUT2D eigenvalue weighted by molar-refractivity contribution is 0.648. The molecule has 1 aromatic rings. The Labute approximate surface area is 76.0 Å². The van der Waals surface area contributed by atoms with Gasteiger partial charge in [0.15, 0.2) is 0 Å². The maximum Gasteiger partial charge on any atom is 0.104 e. The summed E-state index contributed by atoms with van der Waals surface area (Å²) < 4.78 is 9.26. The fourth-order valence-corrected chi connectivity index (χ4v) is 1.31. The first-order chi connectivity index (χ1) is 6.25. The summed E-state index contributed by atoms with van der Waals surface area (Å²) >= 11 is 0. The maximum atomic E-state index is 7.41. The highest BCUT2D eigenvalue weighted by Crippen LogP contribution is 2.05. The van der Waals surface area contributed by atoms with Crippen LogP contribution in [0.1, 0.15) is 39.7 Å². The summed E-state index contributed by atoms with van der Waals surface area (Å²) in [6.45, 7) is 2.21. The van der Waals surface area contributed by atoms with Gasteiger partial charge in [-0.15, -0.1) is 0 Å². The minimum Gasteiger partial charge on any atom is -0.338 e. The second-order valence-corrected chi connectivity index (χ2v) is 3.22. The number of aryl methyl sites for hydroxylation is 1. The van der Waals surface area contributed by atoms with Crippen LogP contribution in [-0.4, -0.2) is 9.55 Å². The van der Waals surface area contributed by atoms with Gasteiger partial charge in [-0.2, -0.15) is 0 Å². The summed E-state index contributed by atoms with van der Waals surface area (Å²) in [6.07, 6.45) is 8.32. The van der Waals surface area contributed by atoms with Gasteiger partial charge < -0.3 is 4.57 Å². The van der Waals surface area contributed by atoms with Crippen molar-refractivity contribution >= 4 is 0 Å². The zero-order valence-corrected chi connectivity index (χ0v) is 8.01. The van der Waals surface area contributed by atoms with Gasteiger partial charge in [0.2, 0.25) is 0 Å². The summed E-state index contributed by atoms with van der Waals surface area (Å²) in [4.78, 5) is 3.94. The molecule has 1 rings (SSSR count). The zero-order valence-electron chi connectivity index (χ0n) is 9.01. The number of rotatable bonds is 5. The van der Waals surface area contributed by atoms with Gasteiger partial charge in [-0.25, -0.2) is 4.98 Å². The molecule has 68 valence electrons. The first kappa shape index (κ1) is 7.84. The highest BCUT2D eigenvalue weighted by atomic mass is 15.0. The van der Waals surface area contributed by atoms with E-state index in [1.54, 1.807) is 0 Å². The highest BCUT2D eigenvalue weighted by Gasteiger charge is 1.96. The number of unbranched alkanes of at least 4 members (excludes halogenated alkanes) is 3. The molecular formula is C10H18N2. The summed E-state index contributed by atoms with van der Waals surface area (Å²) in [5.41, 5.74) is 1.18. The number of aromatic nitrogens is 2. The first-order valence-electron chi connectivity index (χ1n) is 5.23. The molecule has 1 heterocycles. The van der Waals surface area contributed by atoms with Crippen LogP contribution in [-0.2, 0) is 13.5 Å². The molecule has 2 heteroatoms. The molecule has 0 aliphatic heterocycles. The predicted molar refractivity (Wildman–Crippen MR) is 51.1 cm³/mol. The van der Waals surface area contributed by atoms with Crippen molar-refractivity contribution in [2.24, 2.45) is 7.05 Å². The molecule has 0 bridgehead atoms. The lowest BCUT2D eigenvalue weighted by Gasteiger charge is -2.00. The largest absolute Gasteiger partial charge is 0.338 e. The van der Waals surface area contributed by atoms with Gasteiger partial charge in [0.25, 0.3) is 0 Å². The minimum absolute atomic E-state index is 0.366. The SMILES string of the molecule is [2H]c1ncc(CCCCCC)n1C. The Hall–Kier alpha value is -0.790. The Kier molecular flexibility index (Phi) is 3.24. The van der Waals surface area contributed by atoms with Gasteiger partial charge in [-0.3, -0.25) is 0 Å². The molecule has 0 aliphatic carbocycles. The summed E-state index contributed by atoms with van der Waals surface area (Å²) in [7, 11) is 1.91. The molecule has 0 saturated carbocycles. The van der Waals surface area contributed by atoms with Gasteiger partial charge >= 0.3 is 0 Å². The Morgan fingerprint density at radius 1 is 1.50 bits per heavy atom. The Morgan fingerprint density at radius 2 is 2.33 bits per heavy atom. The predicted octanol–water partition coefficient (Wildman–Crippen LogP) is 2.54. The third-order valence-electron chi connectivity index (χ3n) is 2.14. The minimum atomic E-state index is 0.366. The van der Waals surface area contributed by atoms with Gasteiger partial charge in [-0.05, 0) is 12.8 Å². The van der Waals surface area contributed by atoms with E-state index in [0.717, 1.165) is 6.42 Å². The molecule has 0 atom stereocenters. The average Bonchev–Trinajstić information content (AvgIpc) is 2.43. The standard InChI is InChI=1S/C10H18N2/c1-3-4-5-6-7-10-8-11-9-12(10)2/h8-9H,3-7H2,1-2H3/i9D. The highest BCUT2D eigenvalue weighted by molar-refractivity contribution is 4.97. The number of hydrogen-bond acceptors (Lipinski definition) is 1. The second-order valence-electron chi connectivity index (χ2n) is 3.22. The van der Waals surface area contributed by atoms with Crippen LogP contribution in [0.15, 0.2) is 12.5 Å². The molecule has 0 amide bonds. The van der Waals surface area contributed by atoms with Gasteiger partial charge in [0.05, 0.1) is 6.30 Å². The zero-order chi connectivity index (χ0) is 9.68. The van der Waals surface area contributed by atoms with E-state index >= 15 is 0 Å². The van der Waals surface area contributed by atoms with E-state index in [2.05, 4.69) is 11.9 Å². The van der Waals surface area contributed by atoms with Crippen LogP contribution < -0.4 is 0 Å². The molecule has 1 aromatic heterocycles. The smallest absolute Gasteiger partial charge is 0.104 e. The van der Waals surface area contributed by atoms with E-state index < -0.39 is 0 Å². The van der Waals surface area contributed by atoms with Gasteiger partial charge in [0.1, 0.15) is 1.37 Å². The quantitative estimate of drug-likeness (QED) is 0.616. The number of hydrogen-bond donors (Lipinski definition) is 0. The van der Waals surface area contributed by atoms with E-state index in [4.69, 9.17) is 1.37 Å². The van der Waals surface area contributed by atoms with Crippen LogP contribution in [0.4, 0.5) is 0 Å². The molecule has 0 aliphatic rings. The first-order valence-corrected chi connectivity index (χ1v) is 4.73. The molecule has 0 aromatic carbocycles. The van der Waals surface area contributed by atoms with Crippen molar-refractivity contribution in [1.82, 2.24) is 9.55 Å². The van der Waals surface area contributed by atoms with Crippen LogP contribution in [0.3, 0.4) is 0 Å². The maximum absolute atomic E-state index is 7.41. The topological polar surface area (TPSA) is 17.8 Å². The Bertz CT molecular complexity index is 255. The van der Waals surface area contributed by atoms with Crippen LogP contribution in [0.5, 0.6) is 0 Å². The molecule has 0 unspecified atom stereocenters. The van der Waals surface area contributed by atoms with Crippen LogP contribution in [0.2, 0.25) is 0 Å². The molecule has 0 N–H and O–H groups in total. The van der Waals surface area contributed by atoms with Crippen molar-refractivity contribution in [1.29, 1.82) is 0 Å². The summed E-state index contributed by atoms with van der Waals surface area (Å²) in [5, 5.41) is 0. The molecule has 0 radical (unpaired) electrons. The number of nitrogens with zero attached hydrogens (tertiary/aromatic N) is 2. The van der Waals surface area contributed by atoms with E-state index in [1.807, 2.05) is 17.8 Å². The lowest BCUT2D eigenvalue weighted by Crippen LogP contribution is -1.94. The normalized spacial score (nSPS) is 11.7. The fraction of sp³-hybridized carbons (Fsp3) is 0.700. The Balaban J connectivity index is 2.32.